The van der Waals surface area contributed by atoms with Gasteiger partial charge in [-0.3, -0.25) is 0 Å². The lowest BCUT2D eigenvalue weighted by Crippen LogP contribution is -2.10. The highest BCUT2D eigenvalue weighted by Gasteiger charge is 2.07. The Hall–Kier alpha value is -1.07. The summed E-state index contributed by atoms with van der Waals surface area (Å²) in [5, 5.41) is 0. The second-order valence-electron chi connectivity index (χ2n) is 2.92. The molecule has 0 fully saturated rings. The molecular weight excluding hydrogens is 167 g/mol. The van der Waals surface area contributed by atoms with Gasteiger partial charge in [-0.05, 0) is 6.42 Å². The first kappa shape index (κ1) is 10.0. The fraction of sp³-hybridized carbons (Fsp3) is 0.455. The summed E-state index contributed by atoms with van der Waals surface area (Å²) in [5.74, 6) is 2.92. The lowest BCUT2D eigenvalue weighted by Gasteiger charge is -2.13. The van der Waals surface area contributed by atoms with Gasteiger partial charge in [-0.25, -0.2) is 4.39 Å². The monoisotopic (exact) mass is 180 g/mol. The van der Waals surface area contributed by atoms with Gasteiger partial charge in [0.15, 0.2) is 0 Å². The molecule has 0 saturated carbocycles. The van der Waals surface area contributed by atoms with Crippen LogP contribution in [0.5, 0.6) is 0 Å². The first-order chi connectivity index (χ1) is 6.36. The second kappa shape index (κ2) is 5.55. The molecule has 2 heteroatoms. The standard InChI is InChI=1S/C11H13FO/c1-2-10-3-5-11(6-4-10)9-13-8-7-12/h1,3-5,11H,6-9H2. The minimum atomic E-state index is -0.415. The van der Waals surface area contributed by atoms with Crippen LogP contribution in [0, 0.1) is 18.3 Å². The van der Waals surface area contributed by atoms with Crippen LogP contribution in [0.1, 0.15) is 6.42 Å². The average molecular weight is 180 g/mol. The average Bonchev–Trinajstić information content (AvgIpc) is 2.19. The molecule has 1 aliphatic carbocycles. The normalized spacial score (nSPS) is 20.9. The summed E-state index contributed by atoms with van der Waals surface area (Å²) in [6, 6.07) is 0. The van der Waals surface area contributed by atoms with Crippen molar-refractivity contribution in [2.24, 2.45) is 5.92 Å². The number of hydrogen-bond acceptors (Lipinski definition) is 1. The fourth-order valence-corrected chi connectivity index (χ4v) is 1.18. The van der Waals surface area contributed by atoms with Crippen molar-refractivity contribution in [2.75, 3.05) is 19.9 Å². The van der Waals surface area contributed by atoms with E-state index in [-0.39, 0.29) is 6.61 Å². The number of hydrogen-bond donors (Lipinski definition) is 0. The van der Waals surface area contributed by atoms with E-state index in [0.29, 0.717) is 12.5 Å². The van der Waals surface area contributed by atoms with Crippen LogP contribution < -0.4 is 0 Å². The van der Waals surface area contributed by atoms with Crippen molar-refractivity contribution in [1.82, 2.24) is 0 Å². The van der Waals surface area contributed by atoms with Crippen molar-refractivity contribution in [1.29, 1.82) is 0 Å². The summed E-state index contributed by atoms with van der Waals surface area (Å²) in [6.07, 6.45) is 12.0. The van der Waals surface area contributed by atoms with Crippen LogP contribution in [0.3, 0.4) is 0 Å². The predicted octanol–water partition coefficient (Wildman–Crippen LogP) is 2.11. The summed E-state index contributed by atoms with van der Waals surface area (Å²) in [7, 11) is 0. The number of alkyl halides is 1. The first-order valence-corrected chi connectivity index (χ1v) is 4.35. The third-order valence-electron chi connectivity index (χ3n) is 1.91. The van der Waals surface area contributed by atoms with E-state index in [1.54, 1.807) is 0 Å². The molecule has 13 heavy (non-hydrogen) atoms. The van der Waals surface area contributed by atoms with Gasteiger partial charge in [-0.15, -0.1) is 6.42 Å². The number of halogens is 1. The Kier molecular flexibility index (Phi) is 4.28. The quantitative estimate of drug-likeness (QED) is 0.475. The van der Waals surface area contributed by atoms with Gasteiger partial charge in [0.25, 0.3) is 0 Å². The molecule has 1 aliphatic rings. The van der Waals surface area contributed by atoms with Crippen LogP contribution >= 0.6 is 0 Å². The van der Waals surface area contributed by atoms with Gasteiger partial charge in [0.2, 0.25) is 0 Å². The molecule has 0 amide bonds. The maximum Gasteiger partial charge on any atom is 0.113 e. The number of ether oxygens (including phenoxy) is 1. The maximum absolute atomic E-state index is 11.7. The van der Waals surface area contributed by atoms with Gasteiger partial charge in [-0.2, -0.15) is 0 Å². The molecule has 1 atom stereocenters. The third-order valence-corrected chi connectivity index (χ3v) is 1.91. The van der Waals surface area contributed by atoms with E-state index >= 15 is 0 Å². The largest absolute Gasteiger partial charge is 0.378 e. The zero-order valence-corrected chi connectivity index (χ0v) is 7.50. The minimum absolute atomic E-state index is 0.191. The maximum atomic E-state index is 11.7. The summed E-state index contributed by atoms with van der Waals surface area (Å²) in [5.41, 5.74) is 0.918. The van der Waals surface area contributed by atoms with Gasteiger partial charge < -0.3 is 4.74 Å². The molecule has 0 aromatic carbocycles. The van der Waals surface area contributed by atoms with Crippen LogP contribution in [0.25, 0.3) is 0 Å². The highest BCUT2D eigenvalue weighted by molar-refractivity contribution is 5.38. The van der Waals surface area contributed by atoms with E-state index in [9.17, 15) is 4.39 Å². The Morgan fingerprint density at radius 3 is 3.08 bits per heavy atom. The molecule has 0 spiro atoms. The van der Waals surface area contributed by atoms with Crippen LogP contribution in [-0.4, -0.2) is 19.9 Å². The molecule has 0 aromatic heterocycles. The van der Waals surface area contributed by atoms with E-state index in [0.717, 1.165) is 12.0 Å². The fourth-order valence-electron chi connectivity index (χ4n) is 1.18. The number of allylic oxidation sites excluding steroid dienone is 3. The SMILES string of the molecule is C#CC1=CCC(COCCF)C=C1. The Labute approximate surface area is 78.3 Å². The van der Waals surface area contributed by atoms with Crippen molar-refractivity contribution in [2.45, 2.75) is 6.42 Å². The molecule has 0 aromatic rings. The van der Waals surface area contributed by atoms with Crippen molar-refractivity contribution in [3.8, 4) is 12.3 Å². The van der Waals surface area contributed by atoms with Crippen molar-refractivity contribution in [3.05, 3.63) is 23.8 Å². The summed E-state index contributed by atoms with van der Waals surface area (Å²) < 4.78 is 16.8. The van der Waals surface area contributed by atoms with Crippen LogP contribution in [-0.2, 0) is 4.74 Å². The molecule has 1 rings (SSSR count). The highest BCUT2D eigenvalue weighted by Crippen LogP contribution is 2.15. The van der Waals surface area contributed by atoms with Crippen LogP contribution in [0.2, 0.25) is 0 Å². The minimum Gasteiger partial charge on any atom is -0.378 e. The van der Waals surface area contributed by atoms with Crippen molar-refractivity contribution in [3.63, 3.8) is 0 Å². The smallest absolute Gasteiger partial charge is 0.113 e. The van der Waals surface area contributed by atoms with E-state index in [1.807, 2.05) is 18.2 Å². The second-order valence-corrected chi connectivity index (χ2v) is 2.92. The van der Waals surface area contributed by atoms with Crippen molar-refractivity contribution >= 4 is 0 Å². The van der Waals surface area contributed by atoms with Crippen LogP contribution in [0.15, 0.2) is 23.8 Å². The topological polar surface area (TPSA) is 9.23 Å². The van der Waals surface area contributed by atoms with E-state index in [1.165, 1.54) is 0 Å². The van der Waals surface area contributed by atoms with Gasteiger partial charge in [-0.1, -0.05) is 24.1 Å². The molecule has 1 nitrogen and oxygen atoms in total. The summed E-state index contributed by atoms with van der Waals surface area (Å²) in [4.78, 5) is 0. The molecule has 1 unspecified atom stereocenters. The van der Waals surface area contributed by atoms with E-state index in [2.05, 4.69) is 5.92 Å². The van der Waals surface area contributed by atoms with Gasteiger partial charge >= 0.3 is 0 Å². The molecule has 0 bridgehead atoms. The number of terminal acetylenes is 1. The summed E-state index contributed by atoms with van der Waals surface area (Å²) >= 11 is 0. The molecule has 0 aliphatic heterocycles. The van der Waals surface area contributed by atoms with E-state index < -0.39 is 6.67 Å². The third kappa shape index (κ3) is 3.43. The molecule has 0 saturated heterocycles. The molecular formula is C11H13FO. The Bertz CT molecular complexity index is 247. The Morgan fingerprint density at radius 1 is 1.69 bits per heavy atom. The molecule has 0 N–H and O–H groups in total. The molecule has 70 valence electrons. The number of rotatable bonds is 4. The van der Waals surface area contributed by atoms with E-state index in [4.69, 9.17) is 11.2 Å². The zero-order valence-electron chi connectivity index (χ0n) is 7.50. The van der Waals surface area contributed by atoms with Crippen molar-refractivity contribution < 1.29 is 9.13 Å². The predicted molar refractivity (Wildman–Crippen MR) is 51.0 cm³/mol. The zero-order chi connectivity index (χ0) is 9.52. The Balaban J connectivity index is 2.24. The lowest BCUT2D eigenvalue weighted by atomic mass is 9.98. The first-order valence-electron chi connectivity index (χ1n) is 4.35. The lowest BCUT2D eigenvalue weighted by molar-refractivity contribution is 0.0999. The Morgan fingerprint density at radius 2 is 2.54 bits per heavy atom. The molecule has 0 radical (unpaired) electrons. The molecule has 0 heterocycles. The van der Waals surface area contributed by atoms with Crippen LogP contribution in [0.4, 0.5) is 4.39 Å². The van der Waals surface area contributed by atoms with Gasteiger partial charge in [0.05, 0.1) is 13.2 Å². The van der Waals surface area contributed by atoms with Gasteiger partial charge in [0, 0.05) is 11.5 Å². The highest BCUT2D eigenvalue weighted by atomic mass is 19.1. The van der Waals surface area contributed by atoms with Gasteiger partial charge in [0.1, 0.15) is 6.67 Å². The summed E-state index contributed by atoms with van der Waals surface area (Å²) in [6.45, 7) is 0.354.